The van der Waals surface area contributed by atoms with Crippen LogP contribution in [0.5, 0.6) is 5.88 Å². The molecule has 2 aromatic rings. The van der Waals surface area contributed by atoms with E-state index in [0.717, 1.165) is 68.6 Å². The summed E-state index contributed by atoms with van der Waals surface area (Å²) in [4.78, 5) is 29.1. The molecule has 4 rings (SSSR count). The van der Waals surface area contributed by atoms with Crippen molar-refractivity contribution in [1.29, 1.82) is 0 Å². The third-order valence-electron chi connectivity index (χ3n) is 7.64. The molecule has 0 atom stereocenters. The Morgan fingerprint density at radius 1 is 1.11 bits per heavy atom. The number of carbonyl (C=O) groups is 2. The first-order chi connectivity index (χ1) is 17.9. The average Bonchev–Trinajstić information content (AvgIpc) is 3.43. The maximum absolute atomic E-state index is 14.1. The first-order valence-corrected chi connectivity index (χ1v) is 14.8. The van der Waals surface area contributed by atoms with E-state index in [9.17, 15) is 14.7 Å². The van der Waals surface area contributed by atoms with E-state index in [4.69, 9.17) is 16.3 Å². The number of carbonyl (C=O) groups excluding carboxylic acids is 1. The summed E-state index contributed by atoms with van der Waals surface area (Å²) in [7, 11) is 1.87. The highest BCUT2D eigenvalue weighted by Gasteiger charge is 2.38. The molecule has 38 heavy (non-hydrogen) atoms. The summed E-state index contributed by atoms with van der Waals surface area (Å²) in [5.74, 6) is 6.70. The number of ether oxygens (including phenoxy) is 1. The van der Waals surface area contributed by atoms with E-state index in [1.165, 1.54) is 0 Å². The lowest BCUT2D eigenvalue weighted by Gasteiger charge is -2.39. The van der Waals surface area contributed by atoms with E-state index in [-0.39, 0.29) is 34.3 Å². The fraction of sp³-hybridized carbons (Fsp3) is 0.600. The zero-order chi connectivity index (χ0) is 27.6. The second-order valence-electron chi connectivity index (χ2n) is 11.9. The van der Waals surface area contributed by atoms with Crippen LogP contribution in [0.15, 0.2) is 18.2 Å². The zero-order valence-electron chi connectivity index (χ0n) is 23.1. The molecule has 2 saturated carbocycles. The molecule has 2 aromatic heterocycles. The van der Waals surface area contributed by atoms with E-state index in [1.807, 2.05) is 55.5 Å². The molecule has 2 fully saturated rings. The van der Waals surface area contributed by atoms with Crippen LogP contribution in [-0.2, 0) is 11.8 Å². The van der Waals surface area contributed by atoms with Crippen molar-refractivity contribution in [1.82, 2.24) is 4.57 Å². The number of hydrogen-bond acceptors (Lipinski definition) is 4. The second kappa shape index (κ2) is 11.8. The van der Waals surface area contributed by atoms with Gasteiger partial charge in [0, 0.05) is 30.5 Å². The monoisotopic (exact) mass is 558 g/mol. The van der Waals surface area contributed by atoms with Crippen LogP contribution < -0.4 is 9.64 Å². The number of carboxylic acid groups (broad SMARTS) is 1. The van der Waals surface area contributed by atoms with Gasteiger partial charge in [-0.25, -0.2) is 4.79 Å². The minimum Gasteiger partial charge on any atom is -0.477 e. The van der Waals surface area contributed by atoms with Crippen molar-refractivity contribution in [2.45, 2.75) is 91.2 Å². The van der Waals surface area contributed by atoms with Gasteiger partial charge in [-0.05, 0) is 90.2 Å². The molecule has 2 aliphatic rings. The summed E-state index contributed by atoms with van der Waals surface area (Å²) < 4.78 is 8.04. The zero-order valence-corrected chi connectivity index (χ0v) is 24.6. The second-order valence-corrected chi connectivity index (χ2v) is 13.3. The summed E-state index contributed by atoms with van der Waals surface area (Å²) in [6, 6.07) is 5.44. The normalized spacial score (nSPS) is 23.8. The Balaban J connectivity index is 1.61. The smallest absolute Gasteiger partial charge is 0.348 e. The highest BCUT2D eigenvalue weighted by atomic mass is 35.5. The Labute approximate surface area is 235 Å². The molecule has 0 aliphatic heterocycles. The van der Waals surface area contributed by atoms with E-state index in [2.05, 4.69) is 18.8 Å². The molecule has 0 bridgehead atoms. The largest absolute Gasteiger partial charge is 0.477 e. The molecule has 1 N–H and O–H groups in total. The molecular formula is C30H39ClN2O4S. The van der Waals surface area contributed by atoms with Gasteiger partial charge in [-0.2, -0.15) is 0 Å². The summed E-state index contributed by atoms with van der Waals surface area (Å²) in [5.41, 5.74) is 0.297. The highest BCUT2D eigenvalue weighted by Crippen LogP contribution is 2.39. The fourth-order valence-corrected chi connectivity index (χ4v) is 6.39. The van der Waals surface area contributed by atoms with Gasteiger partial charge < -0.3 is 19.3 Å². The average molecular weight is 559 g/mol. The molecular weight excluding hydrogens is 520 g/mol. The Hall–Kier alpha value is -2.43. The molecule has 6 nitrogen and oxygen atoms in total. The maximum atomic E-state index is 14.1. The summed E-state index contributed by atoms with van der Waals surface area (Å²) >= 11 is 7.33. The van der Waals surface area contributed by atoms with Gasteiger partial charge in [0.15, 0.2) is 5.88 Å². The Morgan fingerprint density at radius 3 is 2.32 bits per heavy atom. The van der Waals surface area contributed by atoms with Crippen LogP contribution in [0.2, 0.25) is 5.15 Å². The molecule has 2 aliphatic carbocycles. The topological polar surface area (TPSA) is 71.8 Å². The van der Waals surface area contributed by atoms with Crippen LogP contribution in [-0.4, -0.2) is 33.7 Å². The number of hydrogen-bond donors (Lipinski definition) is 1. The van der Waals surface area contributed by atoms with E-state index in [0.29, 0.717) is 21.6 Å². The standard InChI is InChI=1S/C30H39ClN2O4S/c1-19-6-8-20(9-7-19)28(34)33(24-18-23(16-17-30(2,3)4)38-27(24)29(35)36)21-10-12-22(13-11-21)37-26-15-14-25(31)32(26)5/h14-15,18-22H,6-13H2,1-5H3,(H,35,36). The number of amides is 1. The lowest BCUT2D eigenvalue weighted by Crippen LogP contribution is -2.47. The highest BCUT2D eigenvalue weighted by molar-refractivity contribution is 7.15. The van der Waals surface area contributed by atoms with E-state index < -0.39 is 5.97 Å². The number of aromatic carboxylic acids is 1. The molecule has 0 aromatic carbocycles. The van der Waals surface area contributed by atoms with Crippen LogP contribution >= 0.6 is 22.9 Å². The van der Waals surface area contributed by atoms with Gasteiger partial charge in [0.2, 0.25) is 5.91 Å². The molecule has 0 spiro atoms. The van der Waals surface area contributed by atoms with Gasteiger partial charge in [0.1, 0.15) is 16.1 Å². The molecule has 2 heterocycles. The van der Waals surface area contributed by atoms with Crippen molar-refractivity contribution in [3.63, 3.8) is 0 Å². The minimum atomic E-state index is -1.01. The van der Waals surface area contributed by atoms with Crippen molar-refractivity contribution >= 4 is 40.5 Å². The number of rotatable bonds is 6. The number of carboxylic acids is 1. The molecule has 0 unspecified atom stereocenters. The van der Waals surface area contributed by atoms with Crippen molar-refractivity contribution in [3.05, 3.63) is 33.1 Å². The lowest BCUT2D eigenvalue weighted by molar-refractivity contribution is -0.124. The van der Waals surface area contributed by atoms with Gasteiger partial charge in [-0.1, -0.05) is 30.4 Å². The molecule has 8 heteroatoms. The minimum absolute atomic E-state index is 0.0260. The predicted molar refractivity (Wildman–Crippen MR) is 153 cm³/mol. The van der Waals surface area contributed by atoms with Gasteiger partial charge in [-0.15, -0.1) is 11.3 Å². The van der Waals surface area contributed by atoms with Crippen molar-refractivity contribution in [3.8, 4) is 17.7 Å². The maximum Gasteiger partial charge on any atom is 0.348 e. The SMILES string of the molecule is CC1CCC(C(=O)N(c2cc(C#CC(C)(C)C)sc2C(=O)O)C2CCC(Oc3ccc(Cl)n3C)CC2)CC1. The number of thiophene rings is 1. The van der Waals surface area contributed by atoms with Crippen molar-refractivity contribution in [2.24, 2.45) is 24.3 Å². The van der Waals surface area contributed by atoms with Gasteiger partial charge in [0.25, 0.3) is 0 Å². The third kappa shape index (κ3) is 6.76. The van der Waals surface area contributed by atoms with E-state index >= 15 is 0 Å². The predicted octanol–water partition coefficient (Wildman–Crippen LogP) is 7.39. The number of anilines is 1. The summed E-state index contributed by atoms with van der Waals surface area (Å²) in [5, 5.41) is 10.7. The fourth-order valence-electron chi connectivity index (χ4n) is 5.40. The molecule has 0 radical (unpaired) electrons. The molecule has 0 saturated heterocycles. The van der Waals surface area contributed by atoms with Crippen LogP contribution in [0, 0.1) is 29.1 Å². The number of nitrogens with zero attached hydrogens (tertiary/aromatic N) is 2. The van der Waals surface area contributed by atoms with Crippen LogP contribution in [0.4, 0.5) is 5.69 Å². The molecule has 1 amide bonds. The Kier molecular flexibility index (Phi) is 8.84. The molecule has 206 valence electrons. The van der Waals surface area contributed by atoms with Crippen molar-refractivity contribution in [2.75, 3.05) is 4.90 Å². The Bertz CT molecular complexity index is 1220. The first-order valence-electron chi connectivity index (χ1n) is 13.6. The number of halogens is 1. The quantitative estimate of drug-likeness (QED) is 0.375. The first kappa shape index (κ1) is 28.6. The Morgan fingerprint density at radius 2 is 1.76 bits per heavy atom. The van der Waals surface area contributed by atoms with Crippen molar-refractivity contribution < 1.29 is 19.4 Å². The van der Waals surface area contributed by atoms with Gasteiger partial charge >= 0.3 is 5.97 Å². The van der Waals surface area contributed by atoms with Gasteiger partial charge in [0.05, 0.1) is 10.6 Å². The lowest BCUT2D eigenvalue weighted by atomic mass is 9.81. The third-order valence-corrected chi connectivity index (χ3v) is 9.05. The summed E-state index contributed by atoms with van der Waals surface area (Å²) in [6.07, 6.45) is 6.84. The van der Waals surface area contributed by atoms with Crippen LogP contribution in [0.1, 0.15) is 93.6 Å². The summed E-state index contributed by atoms with van der Waals surface area (Å²) in [6.45, 7) is 8.31. The van der Waals surface area contributed by atoms with Gasteiger partial charge in [-0.3, -0.25) is 4.79 Å². The van der Waals surface area contributed by atoms with Crippen LogP contribution in [0.3, 0.4) is 0 Å². The van der Waals surface area contributed by atoms with Crippen LogP contribution in [0.25, 0.3) is 0 Å². The number of aromatic nitrogens is 1. The van der Waals surface area contributed by atoms with E-state index in [1.54, 1.807) is 0 Å².